The number of nitrogens with one attached hydrogen (secondary N) is 2. The van der Waals surface area contributed by atoms with Gasteiger partial charge in [-0.05, 0) is 25.0 Å². The molecule has 1 aromatic heterocycles. The zero-order chi connectivity index (χ0) is 13.9. The second-order valence-corrected chi connectivity index (χ2v) is 5.94. The lowest BCUT2D eigenvalue weighted by molar-refractivity contribution is -0.124. The summed E-state index contributed by atoms with van der Waals surface area (Å²) in [5.41, 5.74) is 5.76. The van der Waals surface area contributed by atoms with E-state index in [4.69, 9.17) is 5.73 Å². The molecule has 0 aromatic carbocycles. The molecule has 1 fully saturated rings. The molecule has 1 aliphatic heterocycles. The fourth-order valence-electron chi connectivity index (χ4n) is 1.96. The minimum atomic E-state index is -3.79. The van der Waals surface area contributed by atoms with Crippen LogP contribution in [0.1, 0.15) is 18.5 Å². The molecule has 7 nitrogen and oxygen atoms in total. The Morgan fingerprint density at radius 3 is 3.00 bits per heavy atom. The molecule has 1 aromatic rings. The summed E-state index contributed by atoms with van der Waals surface area (Å²) in [6.07, 6.45) is 2.72. The van der Waals surface area contributed by atoms with Gasteiger partial charge in [0.15, 0.2) is 0 Å². The smallest absolute Gasteiger partial charge is 0.243 e. The molecule has 19 heavy (non-hydrogen) atoms. The Bertz CT molecular complexity index is 573. The molecule has 0 aliphatic carbocycles. The lowest BCUT2D eigenvalue weighted by Crippen LogP contribution is -2.50. The van der Waals surface area contributed by atoms with Crippen molar-refractivity contribution in [2.75, 3.05) is 6.54 Å². The number of hydrogen-bond acceptors (Lipinski definition) is 5. The molecule has 4 N–H and O–H groups in total. The van der Waals surface area contributed by atoms with Crippen molar-refractivity contribution in [1.82, 2.24) is 15.0 Å². The maximum Gasteiger partial charge on any atom is 0.243 e. The van der Waals surface area contributed by atoms with Gasteiger partial charge in [-0.3, -0.25) is 9.78 Å². The zero-order valence-corrected chi connectivity index (χ0v) is 11.1. The molecule has 0 saturated carbocycles. The van der Waals surface area contributed by atoms with Crippen LogP contribution in [0.25, 0.3) is 0 Å². The topological polar surface area (TPSA) is 114 Å². The highest BCUT2D eigenvalue weighted by atomic mass is 32.2. The predicted molar refractivity (Wildman–Crippen MR) is 68.5 cm³/mol. The largest absolute Gasteiger partial charge is 0.355 e. The first-order valence-electron chi connectivity index (χ1n) is 5.98. The highest BCUT2D eigenvalue weighted by Crippen LogP contribution is 2.14. The first kappa shape index (κ1) is 13.9. The molecular formula is C11H16N4O3S. The molecular weight excluding hydrogens is 268 g/mol. The van der Waals surface area contributed by atoms with E-state index >= 15 is 0 Å². The van der Waals surface area contributed by atoms with E-state index < -0.39 is 16.1 Å². The third kappa shape index (κ3) is 3.09. The molecule has 0 bridgehead atoms. The van der Waals surface area contributed by atoms with Crippen molar-refractivity contribution in [3.8, 4) is 0 Å². The minimum absolute atomic E-state index is 0.0218. The van der Waals surface area contributed by atoms with Crippen LogP contribution >= 0.6 is 0 Å². The molecule has 1 unspecified atom stereocenters. The third-order valence-corrected chi connectivity index (χ3v) is 4.46. The van der Waals surface area contributed by atoms with E-state index in [0.717, 1.165) is 6.42 Å². The SMILES string of the molecule is NCc1ncccc1S(=O)(=O)NC1CCCNC1=O. The summed E-state index contributed by atoms with van der Waals surface area (Å²) in [6, 6.07) is 2.22. The molecule has 1 atom stereocenters. The average molecular weight is 284 g/mol. The van der Waals surface area contributed by atoms with E-state index in [1.54, 1.807) is 0 Å². The number of carbonyl (C=O) groups excluding carboxylic acids is 1. The normalized spacial score (nSPS) is 20.1. The Hall–Kier alpha value is -1.51. The second kappa shape index (κ2) is 5.64. The maximum absolute atomic E-state index is 12.2. The number of sulfonamides is 1. The van der Waals surface area contributed by atoms with Crippen molar-refractivity contribution >= 4 is 15.9 Å². The van der Waals surface area contributed by atoms with Crippen LogP contribution in [0, 0.1) is 0 Å². The minimum Gasteiger partial charge on any atom is -0.355 e. The van der Waals surface area contributed by atoms with E-state index in [-0.39, 0.29) is 23.0 Å². The number of piperidine rings is 1. The van der Waals surface area contributed by atoms with E-state index in [1.807, 2.05) is 0 Å². The van der Waals surface area contributed by atoms with Gasteiger partial charge in [0.05, 0.1) is 5.69 Å². The van der Waals surface area contributed by atoms with Crippen LogP contribution < -0.4 is 15.8 Å². The highest BCUT2D eigenvalue weighted by molar-refractivity contribution is 7.89. The van der Waals surface area contributed by atoms with Crippen molar-refractivity contribution in [3.05, 3.63) is 24.0 Å². The van der Waals surface area contributed by atoms with Crippen molar-refractivity contribution in [1.29, 1.82) is 0 Å². The van der Waals surface area contributed by atoms with Crippen molar-refractivity contribution in [2.24, 2.45) is 5.73 Å². The van der Waals surface area contributed by atoms with Gasteiger partial charge in [-0.2, -0.15) is 4.72 Å². The number of aromatic nitrogens is 1. The number of hydrogen-bond donors (Lipinski definition) is 3. The molecule has 0 radical (unpaired) electrons. The molecule has 0 spiro atoms. The molecule has 1 amide bonds. The standard InChI is InChI=1S/C11H16N4O3S/c12-7-9-10(4-2-5-13-9)19(17,18)15-8-3-1-6-14-11(8)16/h2,4-5,8,15H,1,3,6-7,12H2,(H,14,16). The van der Waals surface area contributed by atoms with E-state index in [1.165, 1.54) is 18.3 Å². The van der Waals surface area contributed by atoms with Gasteiger partial charge >= 0.3 is 0 Å². The summed E-state index contributed by atoms with van der Waals surface area (Å²) in [7, 11) is -3.79. The lowest BCUT2D eigenvalue weighted by Gasteiger charge is -2.22. The third-order valence-electron chi connectivity index (χ3n) is 2.91. The number of carbonyl (C=O) groups is 1. The Labute approximate surface area is 111 Å². The highest BCUT2D eigenvalue weighted by Gasteiger charge is 2.28. The van der Waals surface area contributed by atoms with Crippen LogP contribution in [0.3, 0.4) is 0 Å². The first-order valence-corrected chi connectivity index (χ1v) is 7.47. The molecule has 2 rings (SSSR count). The monoisotopic (exact) mass is 284 g/mol. The average Bonchev–Trinajstić information content (AvgIpc) is 2.41. The number of pyridine rings is 1. The Balaban J connectivity index is 2.24. The van der Waals surface area contributed by atoms with Gasteiger partial charge in [0.1, 0.15) is 10.9 Å². The van der Waals surface area contributed by atoms with Gasteiger partial charge in [0.25, 0.3) is 0 Å². The fourth-order valence-corrected chi connectivity index (χ4v) is 3.39. The van der Waals surface area contributed by atoms with Gasteiger partial charge in [0, 0.05) is 19.3 Å². The summed E-state index contributed by atoms with van der Waals surface area (Å²) in [4.78, 5) is 15.5. The number of nitrogens with zero attached hydrogens (tertiary/aromatic N) is 1. The van der Waals surface area contributed by atoms with Crippen LogP contribution in [-0.4, -0.2) is 31.9 Å². The van der Waals surface area contributed by atoms with Crippen LogP contribution in [0.2, 0.25) is 0 Å². The molecule has 2 heterocycles. The quantitative estimate of drug-likeness (QED) is 0.663. The number of rotatable bonds is 4. The van der Waals surface area contributed by atoms with E-state index in [9.17, 15) is 13.2 Å². The van der Waals surface area contributed by atoms with Crippen molar-refractivity contribution in [3.63, 3.8) is 0 Å². The van der Waals surface area contributed by atoms with Crippen molar-refractivity contribution < 1.29 is 13.2 Å². The summed E-state index contributed by atoms with van der Waals surface area (Å²) >= 11 is 0. The lowest BCUT2D eigenvalue weighted by atomic mass is 10.1. The molecule has 1 saturated heterocycles. The van der Waals surface area contributed by atoms with Crippen LogP contribution in [-0.2, 0) is 21.4 Å². The summed E-state index contributed by atoms with van der Waals surface area (Å²) in [5.74, 6) is -0.298. The van der Waals surface area contributed by atoms with Gasteiger partial charge in [-0.1, -0.05) is 0 Å². The Morgan fingerprint density at radius 1 is 1.53 bits per heavy atom. The van der Waals surface area contributed by atoms with Crippen molar-refractivity contribution in [2.45, 2.75) is 30.3 Å². The van der Waals surface area contributed by atoms with Gasteiger partial charge < -0.3 is 11.1 Å². The number of amides is 1. The summed E-state index contributed by atoms with van der Waals surface area (Å²) < 4.78 is 26.9. The molecule has 8 heteroatoms. The fraction of sp³-hybridized carbons (Fsp3) is 0.455. The number of nitrogens with two attached hydrogens (primary N) is 1. The second-order valence-electron chi connectivity index (χ2n) is 4.26. The van der Waals surface area contributed by atoms with Crippen LogP contribution in [0.4, 0.5) is 0 Å². The van der Waals surface area contributed by atoms with E-state index in [2.05, 4.69) is 15.0 Å². The van der Waals surface area contributed by atoms with Gasteiger partial charge in [-0.15, -0.1) is 0 Å². The molecule has 104 valence electrons. The molecule has 1 aliphatic rings. The first-order chi connectivity index (χ1) is 9.04. The van der Waals surface area contributed by atoms with Crippen LogP contribution in [0.5, 0.6) is 0 Å². The van der Waals surface area contributed by atoms with Gasteiger partial charge in [-0.25, -0.2) is 8.42 Å². The summed E-state index contributed by atoms with van der Waals surface area (Å²) in [6.45, 7) is 0.603. The zero-order valence-electron chi connectivity index (χ0n) is 10.3. The van der Waals surface area contributed by atoms with Gasteiger partial charge in [0.2, 0.25) is 15.9 Å². The predicted octanol–water partition coefficient (Wildman–Crippen LogP) is -0.903. The van der Waals surface area contributed by atoms with E-state index in [0.29, 0.717) is 13.0 Å². The Kier molecular flexibility index (Phi) is 4.13. The van der Waals surface area contributed by atoms with Crippen LogP contribution in [0.15, 0.2) is 23.2 Å². The summed E-state index contributed by atoms with van der Waals surface area (Å²) in [5, 5.41) is 2.63. The maximum atomic E-state index is 12.2. The Morgan fingerprint density at radius 2 is 2.32 bits per heavy atom.